The molecule has 0 unspecified atom stereocenters. The average Bonchev–Trinajstić information content (AvgIpc) is 3.08. The molecule has 0 atom stereocenters. The van der Waals surface area contributed by atoms with Crippen LogP contribution < -0.4 is 20.7 Å². The van der Waals surface area contributed by atoms with E-state index in [1.54, 1.807) is 31.6 Å². The average molecular weight is 411 g/mol. The third-order valence-corrected chi connectivity index (χ3v) is 4.68. The van der Waals surface area contributed by atoms with Gasteiger partial charge in [0.05, 0.1) is 11.2 Å². The van der Waals surface area contributed by atoms with Crippen molar-refractivity contribution in [1.29, 1.82) is 0 Å². The Morgan fingerprint density at radius 3 is 2.64 bits per heavy atom. The zero-order valence-corrected chi connectivity index (χ0v) is 16.7. The number of ether oxygens (including phenoxy) is 1. The predicted octanol–water partition coefficient (Wildman–Crippen LogP) is 2.46. The number of nitrogens with one attached hydrogen (secondary N) is 3. The normalized spacial score (nSPS) is 11.4. The number of thiazole rings is 1. The number of hydrogen-bond donors (Lipinski definition) is 3. The lowest BCUT2D eigenvalue weighted by Crippen LogP contribution is -2.41. The molecule has 0 spiro atoms. The molecule has 0 saturated carbocycles. The molecule has 0 aliphatic carbocycles. The summed E-state index contributed by atoms with van der Waals surface area (Å²) in [4.78, 5) is 20.7. The van der Waals surface area contributed by atoms with Crippen LogP contribution in [0.25, 0.3) is 0 Å². The second-order valence-electron chi connectivity index (χ2n) is 5.87. The molecule has 0 aliphatic rings. The van der Waals surface area contributed by atoms with E-state index in [9.17, 15) is 13.6 Å². The van der Waals surface area contributed by atoms with E-state index in [4.69, 9.17) is 0 Å². The second kappa shape index (κ2) is 10.5. The first kappa shape index (κ1) is 21.5. The largest absolute Gasteiger partial charge is 0.434 e. The highest BCUT2D eigenvalue weighted by Gasteiger charge is 2.12. The number of nitrogens with zero attached hydrogens (tertiary/aromatic N) is 2. The fourth-order valence-electron chi connectivity index (χ4n) is 2.41. The second-order valence-corrected chi connectivity index (χ2v) is 6.72. The van der Waals surface area contributed by atoms with Crippen LogP contribution in [0.15, 0.2) is 28.7 Å². The van der Waals surface area contributed by atoms with Crippen molar-refractivity contribution in [3.63, 3.8) is 0 Å². The number of aryl methyl sites for hydroxylation is 2. The van der Waals surface area contributed by atoms with Gasteiger partial charge >= 0.3 is 6.61 Å². The zero-order valence-electron chi connectivity index (χ0n) is 15.9. The Hall–Kier alpha value is -2.75. The highest BCUT2D eigenvalue weighted by Crippen LogP contribution is 2.21. The molecule has 0 aliphatic heterocycles. The van der Waals surface area contributed by atoms with E-state index in [-0.39, 0.29) is 18.2 Å². The van der Waals surface area contributed by atoms with Crippen LogP contribution in [0.4, 0.5) is 8.78 Å². The number of halogens is 2. The lowest BCUT2D eigenvalue weighted by Gasteiger charge is -2.15. The molecule has 0 radical (unpaired) electrons. The van der Waals surface area contributed by atoms with Gasteiger partial charge in [0, 0.05) is 32.2 Å². The number of carbonyl (C=O) groups excluding carboxylic acids is 1. The Morgan fingerprint density at radius 2 is 2.00 bits per heavy atom. The fourth-order valence-corrected chi connectivity index (χ4v) is 3.13. The number of benzene rings is 1. The number of aliphatic imine (C=N–C) groups is 1. The first-order valence-corrected chi connectivity index (χ1v) is 9.45. The SMILES string of the molecule is CN=C(NCCNC(=O)c1scnc1C)NCc1cc(C)ccc1OC(F)F. The van der Waals surface area contributed by atoms with E-state index in [1.165, 1.54) is 17.4 Å². The molecule has 1 amide bonds. The highest BCUT2D eigenvalue weighted by atomic mass is 32.1. The number of hydrogen-bond acceptors (Lipinski definition) is 5. The van der Waals surface area contributed by atoms with Gasteiger partial charge in [-0.2, -0.15) is 8.78 Å². The molecular weight excluding hydrogens is 388 g/mol. The van der Waals surface area contributed by atoms with Gasteiger partial charge in [0.1, 0.15) is 10.6 Å². The van der Waals surface area contributed by atoms with Crippen LogP contribution in [-0.2, 0) is 6.54 Å². The summed E-state index contributed by atoms with van der Waals surface area (Å²) in [6.07, 6.45) is 0. The lowest BCUT2D eigenvalue weighted by molar-refractivity contribution is -0.0504. The molecule has 28 heavy (non-hydrogen) atoms. The Morgan fingerprint density at radius 1 is 1.25 bits per heavy atom. The van der Waals surface area contributed by atoms with Crippen LogP contribution in [0.2, 0.25) is 0 Å². The van der Waals surface area contributed by atoms with Gasteiger partial charge in [-0.15, -0.1) is 11.3 Å². The predicted molar refractivity (Wildman–Crippen MR) is 105 cm³/mol. The summed E-state index contributed by atoms with van der Waals surface area (Å²) in [7, 11) is 1.60. The van der Waals surface area contributed by atoms with E-state index in [1.807, 2.05) is 6.92 Å². The Labute approximate surface area is 166 Å². The van der Waals surface area contributed by atoms with E-state index < -0.39 is 6.61 Å². The number of aromatic nitrogens is 1. The number of rotatable bonds is 8. The third-order valence-electron chi connectivity index (χ3n) is 3.76. The van der Waals surface area contributed by atoms with E-state index in [0.29, 0.717) is 35.2 Å². The number of amides is 1. The molecule has 1 heterocycles. The first-order valence-electron chi connectivity index (χ1n) is 8.58. The molecule has 10 heteroatoms. The monoisotopic (exact) mass is 411 g/mol. The van der Waals surface area contributed by atoms with Crippen LogP contribution in [-0.4, -0.2) is 43.6 Å². The topological polar surface area (TPSA) is 87.6 Å². The van der Waals surface area contributed by atoms with Crippen molar-refractivity contribution in [1.82, 2.24) is 20.9 Å². The van der Waals surface area contributed by atoms with E-state index >= 15 is 0 Å². The summed E-state index contributed by atoms with van der Waals surface area (Å²) in [5.41, 5.74) is 3.86. The van der Waals surface area contributed by atoms with Crippen molar-refractivity contribution in [2.45, 2.75) is 27.0 Å². The first-order chi connectivity index (χ1) is 13.4. The molecule has 2 aromatic rings. The third kappa shape index (κ3) is 6.45. The van der Waals surface area contributed by atoms with Crippen LogP contribution in [0, 0.1) is 13.8 Å². The maximum Gasteiger partial charge on any atom is 0.387 e. The molecule has 152 valence electrons. The van der Waals surface area contributed by atoms with Crippen LogP contribution in [0.5, 0.6) is 5.75 Å². The van der Waals surface area contributed by atoms with Crippen molar-refractivity contribution in [3.8, 4) is 5.75 Å². The molecule has 0 bridgehead atoms. The van der Waals surface area contributed by atoms with Gasteiger partial charge in [-0.1, -0.05) is 17.7 Å². The van der Waals surface area contributed by atoms with Crippen molar-refractivity contribution in [2.24, 2.45) is 4.99 Å². The molecule has 7 nitrogen and oxygen atoms in total. The molecule has 3 N–H and O–H groups in total. The van der Waals surface area contributed by atoms with Crippen molar-refractivity contribution >= 4 is 23.2 Å². The minimum absolute atomic E-state index is 0.121. The van der Waals surface area contributed by atoms with Gasteiger partial charge < -0.3 is 20.7 Å². The summed E-state index contributed by atoms with van der Waals surface area (Å²) in [5.74, 6) is 0.432. The van der Waals surface area contributed by atoms with Crippen LogP contribution in [0.3, 0.4) is 0 Å². The summed E-state index contributed by atoms with van der Waals surface area (Å²) >= 11 is 1.29. The molecular formula is C18H23F2N5O2S. The van der Waals surface area contributed by atoms with E-state index in [0.717, 1.165) is 5.56 Å². The molecule has 1 aromatic heterocycles. The molecule has 2 rings (SSSR count). The summed E-state index contributed by atoms with van der Waals surface area (Å²) < 4.78 is 29.6. The quantitative estimate of drug-likeness (QED) is 0.353. The van der Waals surface area contributed by atoms with Crippen molar-refractivity contribution in [2.75, 3.05) is 20.1 Å². The van der Waals surface area contributed by atoms with Crippen LogP contribution >= 0.6 is 11.3 Å². The van der Waals surface area contributed by atoms with Gasteiger partial charge in [-0.3, -0.25) is 9.79 Å². The van der Waals surface area contributed by atoms with Crippen molar-refractivity contribution in [3.05, 3.63) is 45.4 Å². The zero-order chi connectivity index (χ0) is 20.5. The summed E-state index contributed by atoms with van der Waals surface area (Å²) in [5, 5.41) is 8.90. The number of alkyl halides is 2. The number of guanidine groups is 1. The van der Waals surface area contributed by atoms with Gasteiger partial charge in [0.15, 0.2) is 5.96 Å². The number of carbonyl (C=O) groups is 1. The Balaban J connectivity index is 1.81. The van der Waals surface area contributed by atoms with Gasteiger partial charge in [-0.05, 0) is 19.9 Å². The van der Waals surface area contributed by atoms with E-state index in [2.05, 4.69) is 30.7 Å². The highest BCUT2D eigenvalue weighted by molar-refractivity contribution is 7.11. The van der Waals surface area contributed by atoms with Gasteiger partial charge in [0.2, 0.25) is 0 Å². The molecule has 1 aromatic carbocycles. The molecule has 0 fully saturated rings. The standard InChI is InChI=1S/C18H23F2N5O2S/c1-11-4-5-14(27-17(19)20)13(8-11)9-24-18(21-3)23-7-6-22-16(26)15-12(2)25-10-28-15/h4-5,8,10,17H,6-7,9H2,1-3H3,(H,22,26)(H2,21,23,24). The summed E-state index contributed by atoms with van der Waals surface area (Å²) in [6, 6.07) is 5.00. The summed E-state index contributed by atoms with van der Waals surface area (Å²) in [6.45, 7) is 1.86. The minimum Gasteiger partial charge on any atom is -0.434 e. The minimum atomic E-state index is -2.88. The van der Waals surface area contributed by atoms with Gasteiger partial charge in [0.25, 0.3) is 5.91 Å². The lowest BCUT2D eigenvalue weighted by atomic mass is 10.1. The molecule has 0 saturated heterocycles. The maximum absolute atomic E-state index is 12.5. The van der Waals surface area contributed by atoms with Gasteiger partial charge in [-0.25, -0.2) is 4.98 Å². The Kier molecular flexibility index (Phi) is 8.12. The Bertz CT molecular complexity index is 826. The maximum atomic E-state index is 12.5. The fraction of sp³-hybridized carbons (Fsp3) is 0.389. The smallest absolute Gasteiger partial charge is 0.387 e. The van der Waals surface area contributed by atoms with Crippen LogP contribution in [0.1, 0.15) is 26.5 Å². The van der Waals surface area contributed by atoms with Crippen molar-refractivity contribution < 1.29 is 18.3 Å².